The zero-order chi connectivity index (χ0) is 10.1. The van der Waals surface area contributed by atoms with E-state index in [-0.39, 0.29) is 0 Å². The lowest BCUT2D eigenvalue weighted by atomic mass is 9.97. The molecule has 0 unspecified atom stereocenters. The van der Waals surface area contributed by atoms with Crippen molar-refractivity contribution in [3.63, 3.8) is 0 Å². The number of aliphatic hydroxyl groups excluding tert-OH is 2. The molecule has 0 spiro atoms. The van der Waals surface area contributed by atoms with Crippen LogP contribution in [0.15, 0.2) is 18.2 Å². The van der Waals surface area contributed by atoms with Crippen LogP contribution in [0.25, 0.3) is 6.08 Å². The van der Waals surface area contributed by atoms with Crippen molar-refractivity contribution in [2.24, 2.45) is 0 Å². The molecule has 4 heteroatoms. The summed E-state index contributed by atoms with van der Waals surface area (Å²) in [4.78, 5) is 4.14. The van der Waals surface area contributed by atoms with Crippen LogP contribution in [0.4, 0.5) is 0 Å². The van der Waals surface area contributed by atoms with Gasteiger partial charge in [-0.2, -0.15) is 0 Å². The van der Waals surface area contributed by atoms with Gasteiger partial charge in [0.15, 0.2) is 0 Å². The number of pyridine rings is 1. The molecule has 0 saturated carbocycles. The Morgan fingerprint density at radius 3 is 2.86 bits per heavy atom. The van der Waals surface area contributed by atoms with E-state index in [4.69, 9.17) is 4.74 Å². The molecule has 1 heterocycles. The molecule has 14 heavy (non-hydrogen) atoms. The van der Waals surface area contributed by atoms with Crippen molar-refractivity contribution in [3.05, 3.63) is 29.5 Å². The predicted octanol–water partition coefficient (Wildman–Crippen LogP) is 0.511. The second kappa shape index (κ2) is 3.40. The fourth-order valence-electron chi connectivity index (χ4n) is 1.44. The number of hydrogen-bond acceptors (Lipinski definition) is 4. The molecule has 2 rings (SSSR count). The average Bonchev–Trinajstić information content (AvgIpc) is 2.23. The summed E-state index contributed by atoms with van der Waals surface area (Å²) in [7, 11) is 1.53. The highest BCUT2D eigenvalue weighted by molar-refractivity contribution is 5.55. The van der Waals surface area contributed by atoms with Gasteiger partial charge in [0, 0.05) is 11.6 Å². The van der Waals surface area contributed by atoms with Crippen molar-refractivity contribution in [3.8, 4) is 5.88 Å². The van der Waals surface area contributed by atoms with Crippen LogP contribution < -0.4 is 4.74 Å². The Balaban J connectivity index is 2.46. The zero-order valence-electron chi connectivity index (χ0n) is 7.71. The van der Waals surface area contributed by atoms with E-state index in [0.29, 0.717) is 17.1 Å². The summed E-state index contributed by atoms with van der Waals surface area (Å²) in [6.45, 7) is 0. The molecule has 0 radical (unpaired) electrons. The Morgan fingerprint density at radius 1 is 1.36 bits per heavy atom. The minimum absolute atomic E-state index is 0.497. The van der Waals surface area contributed by atoms with Crippen LogP contribution in [0.5, 0.6) is 5.88 Å². The van der Waals surface area contributed by atoms with Crippen LogP contribution in [0, 0.1) is 0 Å². The maximum Gasteiger partial charge on any atom is 0.213 e. The molecule has 2 atom stereocenters. The van der Waals surface area contributed by atoms with Gasteiger partial charge in [-0.15, -0.1) is 0 Å². The molecule has 4 nitrogen and oxygen atoms in total. The first-order chi connectivity index (χ1) is 6.72. The van der Waals surface area contributed by atoms with Crippen molar-refractivity contribution < 1.29 is 14.9 Å². The smallest absolute Gasteiger partial charge is 0.213 e. The van der Waals surface area contributed by atoms with Gasteiger partial charge in [0.05, 0.1) is 12.8 Å². The van der Waals surface area contributed by atoms with Gasteiger partial charge < -0.3 is 14.9 Å². The van der Waals surface area contributed by atoms with Crippen LogP contribution in [0.2, 0.25) is 0 Å². The highest BCUT2D eigenvalue weighted by atomic mass is 16.5. The number of rotatable bonds is 1. The SMILES string of the molecule is COc1ccc2c(n1)C=C[C@H](O)[C@@H]2O. The molecule has 0 amide bonds. The fraction of sp³-hybridized carbons (Fsp3) is 0.300. The van der Waals surface area contributed by atoms with Gasteiger partial charge in [-0.1, -0.05) is 6.08 Å². The summed E-state index contributed by atoms with van der Waals surface area (Å²) in [5.74, 6) is 0.497. The second-order valence-corrected chi connectivity index (χ2v) is 3.12. The molecule has 1 aromatic heterocycles. The van der Waals surface area contributed by atoms with Gasteiger partial charge >= 0.3 is 0 Å². The van der Waals surface area contributed by atoms with E-state index in [1.807, 2.05) is 0 Å². The van der Waals surface area contributed by atoms with E-state index in [1.165, 1.54) is 13.2 Å². The summed E-state index contributed by atoms with van der Waals surface area (Å²) in [5.41, 5.74) is 1.27. The molecule has 74 valence electrons. The maximum atomic E-state index is 9.61. The third kappa shape index (κ3) is 1.38. The normalized spacial score (nSPS) is 24.5. The molecule has 1 aliphatic rings. The van der Waals surface area contributed by atoms with E-state index in [2.05, 4.69) is 4.98 Å². The Bertz CT molecular complexity index is 376. The minimum Gasteiger partial charge on any atom is -0.481 e. The third-order valence-electron chi connectivity index (χ3n) is 2.23. The van der Waals surface area contributed by atoms with Gasteiger partial charge in [0.2, 0.25) is 5.88 Å². The molecular formula is C10H11NO3. The van der Waals surface area contributed by atoms with Crippen LogP contribution in [-0.4, -0.2) is 28.4 Å². The van der Waals surface area contributed by atoms with Crippen LogP contribution in [-0.2, 0) is 0 Å². The van der Waals surface area contributed by atoms with E-state index in [1.54, 1.807) is 18.2 Å². The average molecular weight is 193 g/mol. The van der Waals surface area contributed by atoms with E-state index in [0.717, 1.165) is 0 Å². The summed E-state index contributed by atoms with van der Waals surface area (Å²) < 4.78 is 4.95. The van der Waals surface area contributed by atoms with Crippen LogP contribution in [0.1, 0.15) is 17.4 Å². The molecule has 1 aliphatic carbocycles. The molecule has 0 saturated heterocycles. The molecular weight excluding hydrogens is 182 g/mol. The van der Waals surface area contributed by atoms with Crippen molar-refractivity contribution in [1.82, 2.24) is 4.98 Å². The lowest BCUT2D eigenvalue weighted by molar-refractivity contribution is 0.0466. The Kier molecular flexibility index (Phi) is 2.23. The third-order valence-corrected chi connectivity index (χ3v) is 2.23. The molecule has 0 fully saturated rings. The number of hydrogen-bond donors (Lipinski definition) is 2. The number of methoxy groups -OCH3 is 1. The first kappa shape index (κ1) is 9.18. The zero-order valence-corrected chi connectivity index (χ0v) is 7.71. The first-order valence-electron chi connectivity index (χ1n) is 4.31. The summed E-state index contributed by atoms with van der Waals surface area (Å²) in [5, 5.41) is 19.0. The number of aromatic nitrogens is 1. The Labute approximate surface area is 81.5 Å². The van der Waals surface area contributed by atoms with Crippen LogP contribution >= 0.6 is 0 Å². The largest absolute Gasteiger partial charge is 0.481 e. The number of fused-ring (bicyclic) bond motifs is 1. The van der Waals surface area contributed by atoms with Crippen molar-refractivity contribution in [2.45, 2.75) is 12.2 Å². The van der Waals surface area contributed by atoms with E-state index < -0.39 is 12.2 Å². The Morgan fingerprint density at radius 2 is 2.14 bits per heavy atom. The summed E-state index contributed by atoms with van der Waals surface area (Å²) in [6.07, 6.45) is 1.44. The Hall–Kier alpha value is -1.39. The lowest BCUT2D eigenvalue weighted by Crippen LogP contribution is -2.20. The first-order valence-corrected chi connectivity index (χ1v) is 4.31. The van der Waals surface area contributed by atoms with E-state index in [9.17, 15) is 10.2 Å². The number of ether oxygens (including phenoxy) is 1. The van der Waals surface area contributed by atoms with Gasteiger partial charge in [0.1, 0.15) is 12.2 Å². The second-order valence-electron chi connectivity index (χ2n) is 3.12. The fourth-order valence-corrected chi connectivity index (χ4v) is 1.44. The molecule has 0 bridgehead atoms. The summed E-state index contributed by atoms with van der Waals surface area (Å²) >= 11 is 0. The number of aliphatic hydroxyl groups is 2. The van der Waals surface area contributed by atoms with E-state index >= 15 is 0 Å². The van der Waals surface area contributed by atoms with Gasteiger partial charge in [-0.05, 0) is 12.1 Å². The topological polar surface area (TPSA) is 62.6 Å². The summed E-state index contributed by atoms with van der Waals surface area (Å²) in [6, 6.07) is 3.37. The minimum atomic E-state index is -0.895. The molecule has 2 N–H and O–H groups in total. The molecule has 0 aliphatic heterocycles. The van der Waals surface area contributed by atoms with Crippen molar-refractivity contribution in [1.29, 1.82) is 0 Å². The van der Waals surface area contributed by atoms with Crippen molar-refractivity contribution >= 4 is 6.08 Å². The molecule has 1 aromatic rings. The molecule has 0 aromatic carbocycles. The van der Waals surface area contributed by atoms with Gasteiger partial charge in [0.25, 0.3) is 0 Å². The highest BCUT2D eigenvalue weighted by Gasteiger charge is 2.23. The standard InChI is InChI=1S/C10H11NO3/c1-14-9-5-2-6-7(11-9)3-4-8(12)10(6)13/h2-5,8,10,12-13H,1H3/t8-,10+/m0/s1. The van der Waals surface area contributed by atoms with Crippen LogP contribution in [0.3, 0.4) is 0 Å². The van der Waals surface area contributed by atoms with Gasteiger partial charge in [-0.3, -0.25) is 0 Å². The number of nitrogens with zero attached hydrogens (tertiary/aromatic N) is 1. The quantitative estimate of drug-likeness (QED) is 0.682. The van der Waals surface area contributed by atoms with Crippen molar-refractivity contribution in [2.75, 3.05) is 7.11 Å². The lowest BCUT2D eigenvalue weighted by Gasteiger charge is -2.20. The highest BCUT2D eigenvalue weighted by Crippen LogP contribution is 2.28. The predicted molar refractivity (Wildman–Crippen MR) is 50.8 cm³/mol. The monoisotopic (exact) mass is 193 g/mol. The van der Waals surface area contributed by atoms with Gasteiger partial charge in [-0.25, -0.2) is 4.98 Å². The maximum absolute atomic E-state index is 9.61.